The lowest BCUT2D eigenvalue weighted by atomic mass is 9.88. The summed E-state index contributed by atoms with van der Waals surface area (Å²) in [6, 6.07) is -0.474. The van der Waals surface area contributed by atoms with Crippen LogP contribution < -0.4 is 0 Å². The highest BCUT2D eigenvalue weighted by Gasteiger charge is 2.43. The monoisotopic (exact) mass is 293 g/mol. The first-order valence-corrected chi connectivity index (χ1v) is 7.91. The number of likely N-dealkylation sites (N-methyl/N-ethyl adjacent to an activating group) is 1. The maximum Gasteiger partial charge on any atom is 0.247 e. The van der Waals surface area contributed by atoms with Gasteiger partial charge < -0.3 is 14.7 Å². The summed E-state index contributed by atoms with van der Waals surface area (Å²) in [6.45, 7) is 1.58. The minimum atomic E-state index is -0.474. The highest BCUT2D eigenvalue weighted by molar-refractivity contribution is 5.95. The lowest BCUT2D eigenvalue weighted by Crippen LogP contribution is -2.67. The van der Waals surface area contributed by atoms with E-state index in [-0.39, 0.29) is 30.2 Å². The number of amides is 3. The third-order valence-electron chi connectivity index (χ3n) is 5.00. The summed E-state index contributed by atoms with van der Waals surface area (Å²) in [5.41, 5.74) is 0. The van der Waals surface area contributed by atoms with E-state index in [1.807, 2.05) is 4.90 Å². The van der Waals surface area contributed by atoms with E-state index >= 15 is 0 Å². The van der Waals surface area contributed by atoms with Gasteiger partial charge in [0.2, 0.25) is 17.7 Å². The van der Waals surface area contributed by atoms with Crippen molar-refractivity contribution in [3.8, 4) is 0 Å². The van der Waals surface area contributed by atoms with Crippen LogP contribution in [0.25, 0.3) is 0 Å². The molecule has 116 valence electrons. The van der Waals surface area contributed by atoms with Crippen molar-refractivity contribution in [2.75, 3.05) is 33.2 Å². The molecule has 0 spiro atoms. The van der Waals surface area contributed by atoms with Gasteiger partial charge in [-0.15, -0.1) is 0 Å². The third kappa shape index (κ3) is 2.63. The Hall–Kier alpha value is -1.59. The van der Waals surface area contributed by atoms with Crippen molar-refractivity contribution in [1.29, 1.82) is 0 Å². The van der Waals surface area contributed by atoms with E-state index in [1.54, 1.807) is 11.9 Å². The van der Waals surface area contributed by atoms with Crippen LogP contribution in [0.4, 0.5) is 0 Å². The fourth-order valence-electron chi connectivity index (χ4n) is 3.73. The summed E-state index contributed by atoms with van der Waals surface area (Å²) in [5.74, 6) is 0.253. The zero-order valence-corrected chi connectivity index (χ0v) is 12.6. The minimum Gasteiger partial charge on any atom is -0.338 e. The van der Waals surface area contributed by atoms with Crippen LogP contribution in [0.2, 0.25) is 0 Å². The van der Waals surface area contributed by atoms with Gasteiger partial charge in [-0.1, -0.05) is 19.3 Å². The SMILES string of the molecule is CN1CC(=O)N2CCN(C(=O)C3CCCCC3)CC2C1=O. The Labute approximate surface area is 125 Å². The molecular weight excluding hydrogens is 270 g/mol. The van der Waals surface area contributed by atoms with Gasteiger partial charge in [-0.3, -0.25) is 14.4 Å². The predicted octanol–water partition coefficient (Wildman–Crippen LogP) is 0.0781. The normalized spacial score (nSPS) is 27.9. The number of hydrogen-bond donors (Lipinski definition) is 0. The van der Waals surface area contributed by atoms with Crippen molar-refractivity contribution in [2.45, 2.75) is 38.1 Å². The number of carbonyl (C=O) groups excluding carboxylic acids is 3. The zero-order valence-electron chi connectivity index (χ0n) is 12.6. The molecule has 2 aliphatic heterocycles. The maximum atomic E-state index is 12.6. The van der Waals surface area contributed by atoms with Crippen LogP contribution in [0.15, 0.2) is 0 Å². The van der Waals surface area contributed by atoms with Gasteiger partial charge in [-0.05, 0) is 12.8 Å². The van der Waals surface area contributed by atoms with Gasteiger partial charge >= 0.3 is 0 Å². The average molecular weight is 293 g/mol. The molecule has 6 nitrogen and oxygen atoms in total. The number of nitrogens with zero attached hydrogens (tertiary/aromatic N) is 3. The van der Waals surface area contributed by atoms with Crippen molar-refractivity contribution < 1.29 is 14.4 Å². The second kappa shape index (κ2) is 5.66. The number of hydrogen-bond acceptors (Lipinski definition) is 3. The molecule has 0 N–H and O–H groups in total. The number of carbonyl (C=O) groups is 3. The molecule has 3 rings (SSSR count). The molecule has 0 bridgehead atoms. The van der Waals surface area contributed by atoms with Gasteiger partial charge in [0.1, 0.15) is 6.04 Å². The van der Waals surface area contributed by atoms with Crippen molar-refractivity contribution >= 4 is 17.7 Å². The molecule has 3 fully saturated rings. The molecular formula is C15H23N3O3. The highest BCUT2D eigenvalue weighted by Crippen LogP contribution is 2.27. The first kappa shape index (κ1) is 14.4. The molecule has 0 aromatic rings. The number of rotatable bonds is 1. The van der Waals surface area contributed by atoms with E-state index in [2.05, 4.69) is 0 Å². The second-order valence-electron chi connectivity index (χ2n) is 6.42. The Balaban J connectivity index is 1.68. The molecule has 6 heteroatoms. The lowest BCUT2D eigenvalue weighted by molar-refractivity contribution is -0.161. The van der Waals surface area contributed by atoms with Crippen molar-refractivity contribution in [2.24, 2.45) is 5.92 Å². The summed E-state index contributed by atoms with van der Waals surface area (Å²) in [6.07, 6.45) is 5.41. The first-order valence-electron chi connectivity index (χ1n) is 7.91. The molecule has 1 atom stereocenters. The van der Waals surface area contributed by atoms with E-state index in [9.17, 15) is 14.4 Å². The van der Waals surface area contributed by atoms with Crippen LogP contribution in [-0.2, 0) is 14.4 Å². The van der Waals surface area contributed by atoms with Gasteiger partial charge in [-0.25, -0.2) is 0 Å². The molecule has 0 aromatic carbocycles. The van der Waals surface area contributed by atoms with E-state index in [1.165, 1.54) is 11.3 Å². The van der Waals surface area contributed by atoms with Crippen LogP contribution in [0.3, 0.4) is 0 Å². The third-order valence-corrected chi connectivity index (χ3v) is 5.00. The Kier molecular flexibility index (Phi) is 3.87. The molecule has 2 heterocycles. The quantitative estimate of drug-likeness (QED) is 0.688. The number of fused-ring (bicyclic) bond motifs is 1. The van der Waals surface area contributed by atoms with Crippen LogP contribution in [0, 0.1) is 5.92 Å². The van der Waals surface area contributed by atoms with E-state index < -0.39 is 6.04 Å². The summed E-state index contributed by atoms with van der Waals surface area (Å²) < 4.78 is 0. The summed E-state index contributed by atoms with van der Waals surface area (Å²) >= 11 is 0. The fourth-order valence-corrected chi connectivity index (χ4v) is 3.73. The Morgan fingerprint density at radius 1 is 1.10 bits per heavy atom. The van der Waals surface area contributed by atoms with Gasteiger partial charge in [-0.2, -0.15) is 0 Å². The molecule has 0 aromatic heterocycles. The average Bonchev–Trinajstić information content (AvgIpc) is 2.52. The molecule has 1 unspecified atom stereocenters. The van der Waals surface area contributed by atoms with Crippen LogP contribution in [0.5, 0.6) is 0 Å². The highest BCUT2D eigenvalue weighted by atomic mass is 16.2. The molecule has 1 saturated carbocycles. The predicted molar refractivity (Wildman–Crippen MR) is 76.3 cm³/mol. The van der Waals surface area contributed by atoms with Crippen molar-refractivity contribution in [3.05, 3.63) is 0 Å². The largest absolute Gasteiger partial charge is 0.338 e. The fraction of sp³-hybridized carbons (Fsp3) is 0.800. The molecule has 3 aliphatic rings. The van der Waals surface area contributed by atoms with Gasteiger partial charge in [0.25, 0.3) is 0 Å². The zero-order chi connectivity index (χ0) is 15.0. The summed E-state index contributed by atoms with van der Waals surface area (Å²) in [4.78, 5) is 41.8. The summed E-state index contributed by atoms with van der Waals surface area (Å²) in [5, 5.41) is 0. The number of piperazine rings is 2. The minimum absolute atomic E-state index is 0.00753. The standard InChI is InChI=1S/C15H23N3O3/c1-16-10-13(19)18-8-7-17(9-12(18)15(16)21)14(20)11-5-3-2-4-6-11/h11-12H,2-10H2,1H3. The Morgan fingerprint density at radius 3 is 2.52 bits per heavy atom. The van der Waals surface area contributed by atoms with Crippen molar-refractivity contribution in [1.82, 2.24) is 14.7 Å². The van der Waals surface area contributed by atoms with E-state index in [0.717, 1.165) is 25.7 Å². The van der Waals surface area contributed by atoms with E-state index in [4.69, 9.17) is 0 Å². The Bertz CT molecular complexity index is 459. The second-order valence-corrected chi connectivity index (χ2v) is 6.42. The Morgan fingerprint density at radius 2 is 1.81 bits per heavy atom. The first-order chi connectivity index (χ1) is 10.1. The topological polar surface area (TPSA) is 60.9 Å². The van der Waals surface area contributed by atoms with Crippen molar-refractivity contribution in [3.63, 3.8) is 0 Å². The van der Waals surface area contributed by atoms with Crippen LogP contribution in [-0.4, -0.2) is 71.7 Å². The molecule has 3 amide bonds. The molecule has 1 aliphatic carbocycles. The van der Waals surface area contributed by atoms with Crippen LogP contribution in [0.1, 0.15) is 32.1 Å². The summed E-state index contributed by atoms with van der Waals surface area (Å²) in [7, 11) is 1.65. The van der Waals surface area contributed by atoms with E-state index in [0.29, 0.717) is 19.6 Å². The maximum absolute atomic E-state index is 12.6. The van der Waals surface area contributed by atoms with Gasteiger partial charge in [0.15, 0.2) is 0 Å². The smallest absolute Gasteiger partial charge is 0.247 e. The molecule has 21 heavy (non-hydrogen) atoms. The lowest BCUT2D eigenvalue weighted by Gasteiger charge is -2.46. The molecule has 0 radical (unpaired) electrons. The molecule has 2 saturated heterocycles. The van der Waals surface area contributed by atoms with Gasteiger partial charge in [0.05, 0.1) is 13.1 Å². The van der Waals surface area contributed by atoms with Crippen LogP contribution >= 0.6 is 0 Å². The van der Waals surface area contributed by atoms with Gasteiger partial charge in [0, 0.05) is 26.1 Å².